The molecule has 2 aromatic rings. The third kappa shape index (κ3) is 4.06. The van der Waals surface area contributed by atoms with Gasteiger partial charge in [-0.3, -0.25) is 0 Å². The summed E-state index contributed by atoms with van der Waals surface area (Å²) in [6.07, 6.45) is 0. The normalized spacial score (nSPS) is 10.2. The van der Waals surface area contributed by atoms with Crippen LogP contribution in [0.2, 0.25) is 0 Å². The third-order valence-corrected chi connectivity index (χ3v) is 2.37. The minimum atomic E-state index is -1.47. The molecular formula is C13H10N3NaO3. The number of rotatable bonds is 3. The van der Waals surface area contributed by atoms with Crippen molar-refractivity contribution in [3.05, 3.63) is 48.0 Å². The van der Waals surface area contributed by atoms with Gasteiger partial charge in [0.25, 0.3) is 0 Å². The number of nitrogens with zero attached hydrogens (tertiary/aromatic N) is 2. The number of hydrogen-bond donors (Lipinski definition) is 2. The van der Waals surface area contributed by atoms with Gasteiger partial charge in [-0.25, -0.2) is 0 Å². The van der Waals surface area contributed by atoms with E-state index in [0.29, 0.717) is 17.1 Å². The van der Waals surface area contributed by atoms with Crippen molar-refractivity contribution in [1.29, 1.82) is 0 Å². The van der Waals surface area contributed by atoms with Crippen LogP contribution in [-0.4, -0.2) is 11.1 Å². The largest absolute Gasteiger partial charge is 1.00 e. The molecule has 0 atom stereocenters. The van der Waals surface area contributed by atoms with E-state index in [9.17, 15) is 15.0 Å². The minimum Gasteiger partial charge on any atom is -0.545 e. The number of benzene rings is 2. The molecule has 3 N–H and O–H groups in total. The van der Waals surface area contributed by atoms with Crippen molar-refractivity contribution in [2.24, 2.45) is 10.2 Å². The molecule has 20 heavy (non-hydrogen) atoms. The third-order valence-electron chi connectivity index (χ3n) is 2.37. The Morgan fingerprint density at radius 1 is 1.05 bits per heavy atom. The van der Waals surface area contributed by atoms with Crippen LogP contribution in [0.3, 0.4) is 0 Å². The molecule has 2 aromatic carbocycles. The van der Waals surface area contributed by atoms with Gasteiger partial charge in [-0.15, -0.1) is 0 Å². The Bertz CT molecular complexity index is 642. The van der Waals surface area contributed by atoms with Crippen molar-refractivity contribution in [3.8, 4) is 5.75 Å². The maximum Gasteiger partial charge on any atom is 1.00 e. The van der Waals surface area contributed by atoms with Gasteiger partial charge in [0.2, 0.25) is 0 Å². The zero-order valence-electron chi connectivity index (χ0n) is 10.8. The number of phenols is 1. The summed E-state index contributed by atoms with van der Waals surface area (Å²) in [5, 5.41) is 27.8. The monoisotopic (exact) mass is 279 g/mol. The fourth-order valence-corrected chi connectivity index (χ4v) is 1.41. The van der Waals surface area contributed by atoms with E-state index in [1.54, 1.807) is 24.3 Å². The molecule has 0 aromatic heterocycles. The molecule has 0 amide bonds. The van der Waals surface area contributed by atoms with Crippen LogP contribution >= 0.6 is 0 Å². The van der Waals surface area contributed by atoms with Crippen LogP contribution in [0.15, 0.2) is 52.7 Å². The van der Waals surface area contributed by atoms with Gasteiger partial charge in [0.05, 0.1) is 17.3 Å². The number of azo groups is 1. The molecule has 0 saturated heterocycles. The second-order valence-corrected chi connectivity index (χ2v) is 3.78. The summed E-state index contributed by atoms with van der Waals surface area (Å²) in [6, 6.07) is 10.6. The quantitative estimate of drug-likeness (QED) is 0.415. The van der Waals surface area contributed by atoms with Gasteiger partial charge in [0, 0.05) is 11.3 Å². The number of anilines is 1. The van der Waals surface area contributed by atoms with Gasteiger partial charge in [-0.1, -0.05) is 0 Å². The summed E-state index contributed by atoms with van der Waals surface area (Å²) in [4.78, 5) is 10.7. The van der Waals surface area contributed by atoms with Crippen molar-refractivity contribution in [3.63, 3.8) is 0 Å². The maximum absolute atomic E-state index is 10.7. The fraction of sp³-hybridized carbons (Fsp3) is 0. The van der Waals surface area contributed by atoms with Crippen LogP contribution < -0.4 is 40.4 Å². The molecular weight excluding hydrogens is 269 g/mol. The number of nitrogen functional groups attached to an aromatic ring is 1. The number of carboxylic acids is 1. The van der Waals surface area contributed by atoms with E-state index in [4.69, 9.17) is 5.73 Å². The molecule has 7 heteroatoms. The Kier molecular flexibility index (Phi) is 5.69. The van der Waals surface area contributed by atoms with Crippen LogP contribution in [0.1, 0.15) is 10.4 Å². The summed E-state index contributed by atoms with van der Waals surface area (Å²) < 4.78 is 0. The molecule has 2 rings (SSSR count). The average Bonchev–Trinajstić information content (AvgIpc) is 2.39. The molecule has 6 nitrogen and oxygen atoms in total. The van der Waals surface area contributed by atoms with E-state index >= 15 is 0 Å². The van der Waals surface area contributed by atoms with Gasteiger partial charge in [-0.05, 0) is 42.5 Å². The molecule has 96 valence electrons. The first kappa shape index (κ1) is 16.2. The van der Waals surface area contributed by atoms with E-state index in [1.165, 1.54) is 18.2 Å². The molecule has 0 saturated carbocycles. The van der Waals surface area contributed by atoms with Gasteiger partial charge in [0.15, 0.2) is 0 Å². The van der Waals surface area contributed by atoms with Crippen LogP contribution in [0.25, 0.3) is 0 Å². The number of nitrogens with two attached hydrogens (primary N) is 1. The van der Waals surface area contributed by atoms with Crippen LogP contribution in [0.5, 0.6) is 5.75 Å². The molecule has 0 bridgehead atoms. The van der Waals surface area contributed by atoms with Gasteiger partial charge >= 0.3 is 29.6 Å². The Labute approximate surface area is 137 Å². The van der Waals surface area contributed by atoms with E-state index < -0.39 is 5.97 Å². The Morgan fingerprint density at radius 2 is 1.60 bits per heavy atom. The summed E-state index contributed by atoms with van der Waals surface area (Å²) in [7, 11) is 0. The number of aromatic hydroxyl groups is 1. The number of carbonyl (C=O) groups excluding carboxylic acids is 1. The fourth-order valence-electron chi connectivity index (χ4n) is 1.41. The summed E-state index contributed by atoms with van der Waals surface area (Å²) in [6.45, 7) is 0. The summed E-state index contributed by atoms with van der Waals surface area (Å²) >= 11 is 0. The Morgan fingerprint density at radius 3 is 2.20 bits per heavy atom. The van der Waals surface area contributed by atoms with Crippen molar-refractivity contribution in [2.75, 3.05) is 5.73 Å². The van der Waals surface area contributed by atoms with Gasteiger partial charge in [0.1, 0.15) is 5.75 Å². The van der Waals surface area contributed by atoms with Gasteiger partial charge < -0.3 is 20.7 Å². The van der Waals surface area contributed by atoms with E-state index in [0.717, 1.165) is 0 Å². The zero-order valence-corrected chi connectivity index (χ0v) is 12.8. The second kappa shape index (κ2) is 7.04. The molecule has 0 heterocycles. The van der Waals surface area contributed by atoms with E-state index in [1.807, 2.05) is 0 Å². The first-order chi connectivity index (χ1) is 9.06. The Balaban J connectivity index is 0.00000200. The average molecular weight is 279 g/mol. The molecule has 0 radical (unpaired) electrons. The topological polar surface area (TPSA) is 111 Å². The van der Waals surface area contributed by atoms with Crippen molar-refractivity contribution < 1.29 is 44.6 Å². The molecule has 0 unspecified atom stereocenters. The predicted molar refractivity (Wildman–Crippen MR) is 67.5 cm³/mol. The molecule has 0 fully saturated rings. The molecule has 0 aliphatic heterocycles. The van der Waals surface area contributed by atoms with Crippen molar-refractivity contribution in [1.82, 2.24) is 0 Å². The second-order valence-electron chi connectivity index (χ2n) is 3.78. The first-order valence-corrected chi connectivity index (χ1v) is 5.38. The standard InChI is InChI=1S/C13H11N3O3.Na/c14-8-1-3-9(4-2-8)15-16-10-5-6-12(17)11(7-10)13(18)19;/h1-7,17H,14H2,(H,18,19);/q;+1/p-1. The molecule has 0 aliphatic rings. The maximum atomic E-state index is 10.7. The van der Waals surface area contributed by atoms with Crippen LogP contribution in [0.4, 0.5) is 17.1 Å². The molecule has 0 aliphatic carbocycles. The number of hydrogen-bond acceptors (Lipinski definition) is 6. The molecule has 0 spiro atoms. The van der Waals surface area contributed by atoms with Gasteiger partial charge in [-0.2, -0.15) is 10.2 Å². The van der Waals surface area contributed by atoms with Crippen LogP contribution in [-0.2, 0) is 0 Å². The minimum absolute atomic E-state index is 0. The van der Waals surface area contributed by atoms with E-state index in [2.05, 4.69) is 10.2 Å². The van der Waals surface area contributed by atoms with Crippen molar-refractivity contribution in [2.45, 2.75) is 0 Å². The smallest absolute Gasteiger partial charge is 0.545 e. The summed E-state index contributed by atoms with van der Waals surface area (Å²) in [5.41, 5.74) is 6.70. The summed E-state index contributed by atoms with van der Waals surface area (Å²) in [5.74, 6) is -1.84. The zero-order chi connectivity index (χ0) is 13.8. The number of carboxylic acid groups (broad SMARTS) is 1. The predicted octanol–water partition coefficient (Wildman–Crippen LogP) is -1.24. The number of carbonyl (C=O) groups is 1. The van der Waals surface area contributed by atoms with Crippen LogP contribution in [0, 0.1) is 0 Å². The van der Waals surface area contributed by atoms with Crippen molar-refractivity contribution >= 4 is 23.0 Å². The van der Waals surface area contributed by atoms with E-state index in [-0.39, 0.29) is 40.9 Å². The number of aromatic carboxylic acids is 1. The SMILES string of the molecule is Nc1ccc(N=Nc2ccc(O)c(C(=O)[O-])c2)cc1.[Na+]. The Hall–Kier alpha value is -1.89. The first-order valence-electron chi connectivity index (χ1n) is 5.38.